The Morgan fingerprint density at radius 1 is 1.12 bits per heavy atom. The van der Waals surface area contributed by atoms with Crippen LogP contribution < -0.4 is 19.7 Å². The molecule has 7 nitrogen and oxygen atoms in total. The fraction of sp³-hybridized carbons (Fsp3) is 0.292. The topological polar surface area (TPSA) is 76.6 Å². The number of ether oxygens (including phenoxy) is 2. The summed E-state index contributed by atoms with van der Waals surface area (Å²) in [6.45, 7) is 3.08. The third-order valence-electron chi connectivity index (χ3n) is 5.44. The number of amides is 1. The van der Waals surface area contributed by atoms with Crippen molar-refractivity contribution in [2.45, 2.75) is 25.9 Å². The standard InChI is InChI=1S/C24H24F2N4O3/c1-15-3-5-20(29-24(31)18-14-27-10-7-21(18)32-2)23(28-15)30-11-8-17(9-12-30)33-22-6-4-16(25)13-19(22)26/h3-7,10,13-14,17H,8-9,11-12H2,1-2H3,(H,29,31). The molecule has 0 saturated carbocycles. The number of benzene rings is 1. The van der Waals surface area contributed by atoms with Crippen molar-refractivity contribution >= 4 is 17.4 Å². The molecule has 3 aromatic rings. The van der Waals surface area contributed by atoms with Crippen molar-refractivity contribution < 1.29 is 23.0 Å². The van der Waals surface area contributed by atoms with E-state index < -0.39 is 11.6 Å². The quantitative estimate of drug-likeness (QED) is 0.596. The van der Waals surface area contributed by atoms with Crippen LogP contribution in [0.2, 0.25) is 0 Å². The number of aryl methyl sites for hydroxylation is 1. The van der Waals surface area contributed by atoms with Crippen LogP contribution in [0.25, 0.3) is 0 Å². The molecule has 4 rings (SSSR count). The number of pyridine rings is 2. The number of carbonyl (C=O) groups excluding carboxylic acids is 1. The zero-order valence-electron chi connectivity index (χ0n) is 18.3. The van der Waals surface area contributed by atoms with Gasteiger partial charge >= 0.3 is 0 Å². The highest BCUT2D eigenvalue weighted by atomic mass is 19.1. The molecule has 0 atom stereocenters. The fourth-order valence-corrected chi connectivity index (χ4v) is 3.74. The van der Waals surface area contributed by atoms with E-state index in [9.17, 15) is 13.6 Å². The van der Waals surface area contributed by atoms with Crippen LogP contribution in [0.15, 0.2) is 48.8 Å². The lowest BCUT2D eigenvalue weighted by molar-refractivity contribution is 0.102. The van der Waals surface area contributed by atoms with Crippen LogP contribution in [0.5, 0.6) is 11.5 Å². The Kier molecular flexibility index (Phi) is 6.67. The molecular weight excluding hydrogens is 430 g/mol. The largest absolute Gasteiger partial charge is 0.496 e. The molecule has 1 aromatic carbocycles. The van der Waals surface area contributed by atoms with E-state index in [1.54, 1.807) is 12.3 Å². The number of halogens is 2. The van der Waals surface area contributed by atoms with Gasteiger partial charge in [0, 0.05) is 50.1 Å². The maximum Gasteiger partial charge on any atom is 0.261 e. The molecule has 9 heteroatoms. The van der Waals surface area contributed by atoms with Gasteiger partial charge in [0.1, 0.15) is 17.7 Å². The van der Waals surface area contributed by atoms with Gasteiger partial charge in [-0.3, -0.25) is 9.78 Å². The Morgan fingerprint density at radius 2 is 1.91 bits per heavy atom. The van der Waals surface area contributed by atoms with Gasteiger partial charge < -0.3 is 19.7 Å². The molecule has 3 heterocycles. The van der Waals surface area contributed by atoms with Gasteiger partial charge in [-0.15, -0.1) is 0 Å². The molecule has 2 aromatic heterocycles. The molecule has 0 unspecified atom stereocenters. The van der Waals surface area contributed by atoms with E-state index in [0.717, 1.165) is 11.8 Å². The second-order valence-corrected chi connectivity index (χ2v) is 7.73. The average molecular weight is 454 g/mol. The van der Waals surface area contributed by atoms with Crippen LogP contribution >= 0.6 is 0 Å². The Balaban J connectivity index is 1.46. The number of hydrogen-bond donors (Lipinski definition) is 1. The number of aromatic nitrogens is 2. The minimum absolute atomic E-state index is 0.0434. The van der Waals surface area contributed by atoms with Crippen molar-refractivity contribution in [3.63, 3.8) is 0 Å². The highest BCUT2D eigenvalue weighted by Gasteiger charge is 2.25. The summed E-state index contributed by atoms with van der Waals surface area (Å²) in [6, 6.07) is 8.56. The highest BCUT2D eigenvalue weighted by Crippen LogP contribution is 2.30. The third kappa shape index (κ3) is 5.19. The first-order chi connectivity index (χ1) is 15.9. The SMILES string of the molecule is COc1ccncc1C(=O)Nc1ccc(C)nc1N1CCC(Oc2ccc(F)cc2F)CC1. The second-order valence-electron chi connectivity index (χ2n) is 7.73. The van der Waals surface area contributed by atoms with Gasteiger partial charge in [-0.05, 0) is 37.3 Å². The highest BCUT2D eigenvalue weighted by molar-refractivity contribution is 6.07. The number of hydrogen-bond acceptors (Lipinski definition) is 6. The molecule has 1 saturated heterocycles. The van der Waals surface area contributed by atoms with E-state index in [1.165, 1.54) is 25.4 Å². The minimum Gasteiger partial charge on any atom is -0.496 e. The zero-order valence-corrected chi connectivity index (χ0v) is 18.3. The van der Waals surface area contributed by atoms with Gasteiger partial charge in [-0.2, -0.15) is 0 Å². The molecule has 172 valence electrons. The first-order valence-corrected chi connectivity index (χ1v) is 10.6. The molecule has 33 heavy (non-hydrogen) atoms. The van der Waals surface area contributed by atoms with Crippen molar-refractivity contribution in [2.24, 2.45) is 0 Å². The summed E-state index contributed by atoms with van der Waals surface area (Å²) in [5.41, 5.74) is 1.70. The lowest BCUT2D eigenvalue weighted by atomic mass is 10.1. The van der Waals surface area contributed by atoms with Crippen molar-refractivity contribution in [1.82, 2.24) is 9.97 Å². The number of anilines is 2. The van der Waals surface area contributed by atoms with Gasteiger partial charge in [0.25, 0.3) is 5.91 Å². The monoisotopic (exact) mass is 454 g/mol. The van der Waals surface area contributed by atoms with Crippen LogP contribution in [0.3, 0.4) is 0 Å². The predicted molar refractivity (Wildman–Crippen MR) is 120 cm³/mol. The van der Waals surface area contributed by atoms with E-state index in [4.69, 9.17) is 9.47 Å². The normalized spacial score (nSPS) is 14.1. The van der Waals surface area contributed by atoms with E-state index in [-0.39, 0.29) is 17.8 Å². The van der Waals surface area contributed by atoms with Crippen molar-refractivity contribution in [3.8, 4) is 11.5 Å². The molecule has 0 bridgehead atoms. The maximum absolute atomic E-state index is 13.9. The molecule has 1 amide bonds. The summed E-state index contributed by atoms with van der Waals surface area (Å²) < 4.78 is 38.1. The van der Waals surface area contributed by atoms with Crippen molar-refractivity contribution in [3.05, 3.63) is 71.7 Å². The van der Waals surface area contributed by atoms with Crippen molar-refractivity contribution in [2.75, 3.05) is 30.4 Å². The minimum atomic E-state index is -0.714. The summed E-state index contributed by atoms with van der Waals surface area (Å²) in [7, 11) is 1.50. The summed E-state index contributed by atoms with van der Waals surface area (Å²) >= 11 is 0. The second kappa shape index (κ2) is 9.81. The number of piperidine rings is 1. The van der Waals surface area contributed by atoms with Gasteiger partial charge in [0.2, 0.25) is 0 Å². The van der Waals surface area contributed by atoms with Gasteiger partial charge in [0.15, 0.2) is 17.4 Å². The third-order valence-corrected chi connectivity index (χ3v) is 5.44. The molecule has 1 aliphatic heterocycles. The number of carbonyl (C=O) groups is 1. The van der Waals surface area contributed by atoms with Crippen LogP contribution in [0.4, 0.5) is 20.3 Å². The van der Waals surface area contributed by atoms with E-state index in [0.29, 0.717) is 48.7 Å². The average Bonchev–Trinajstić information content (AvgIpc) is 2.82. The number of nitrogens with zero attached hydrogens (tertiary/aromatic N) is 3. The van der Waals surface area contributed by atoms with Gasteiger partial charge in [-0.1, -0.05) is 0 Å². The lowest BCUT2D eigenvalue weighted by Crippen LogP contribution is -2.39. The van der Waals surface area contributed by atoms with Crippen LogP contribution in [-0.4, -0.2) is 42.2 Å². The van der Waals surface area contributed by atoms with E-state index in [2.05, 4.69) is 20.2 Å². The summed E-state index contributed by atoms with van der Waals surface area (Å²) in [6.07, 6.45) is 4.04. The zero-order chi connectivity index (χ0) is 23.4. The maximum atomic E-state index is 13.9. The summed E-state index contributed by atoms with van der Waals surface area (Å²) in [5.74, 6) is -0.584. The Bertz CT molecular complexity index is 1150. The molecule has 0 aliphatic carbocycles. The van der Waals surface area contributed by atoms with Crippen LogP contribution in [0.1, 0.15) is 28.9 Å². The molecule has 1 aliphatic rings. The van der Waals surface area contributed by atoms with Crippen LogP contribution in [-0.2, 0) is 0 Å². The number of rotatable bonds is 6. The molecule has 0 spiro atoms. The first kappa shape index (κ1) is 22.4. The Morgan fingerprint density at radius 3 is 2.64 bits per heavy atom. The lowest BCUT2D eigenvalue weighted by Gasteiger charge is -2.34. The molecule has 0 radical (unpaired) electrons. The smallest absolute Gasteiger partial charge is 0.261 e. The van der Waals surface area contributed by atoms with Crippen LogP contribution in [0, 0.1) is 18.6 Å². The summed E-state index contributed by atoms with van der Waals surface area (Å²) in [5, 5.41) is 2.91. The van der Waals surface area contributed by atoms with E-state index >= 15 is 0 Å². The summed E-state index contributed by atoms with van der Waals surface area (Å²) in [4.78, 5) is 23.6. The fourth-order valence-electron chi connectivity index (χ4n) is 3.74. The predicted octanol–water partition coefficient (Wildman–Crippen LogP) is 4.37. The van der Waals surface area contributed by atoms with Gasteiger partial charge in [0.05, 0.1) is 18.4 Å². The first-order valence-electron chi connectivity index (χ1n) is 10.6. The number of methoxy groups -OCH3 is 1. The van der Waals surface area contributed by atoms with Crippen molar-refractivity contribution in [1.29, 1.82) is 0 Å². The molecule has 1 fully saturated rings. The number of nitrogens with one attached hydrogen (secondary N) is 1. The van der Waals surface area contributed by atoms with E-state index in [1.807, 2.05) is 19.1 Å². The van der Waals surface area contributed by atoms with Gasteiger partial charge in [-0.25, -0.2) is 13.8 Å². The molecule has 1 N–H and O–H groups in total. The molecular formula is C24H24F2N4O3. The Labute approximate surface area is 190 Å². The Hall–Kier alpha value is -3.75.